The van der Waals surface area contributed by atoms with E-state index < -0.39 is 0 Å². The Hall–Kier alpha value is -5.65. The van der Waals surface area contributed by atoms with Crippen LogP contribution in [0.3, 0.4) is 0 Å². The molecule has 0 saturated carbocycles. The zero-order chi connectivity index (χ0) is 30.5. The van der Waals surface area contributed by atoms with Crippen LogP contribution in [-0.2, 0) is 0 Å². The zero-order valence-corrected chi connectivity index (χ0v) is 25.2. The van der Waals surface area contributed by atoms with Gasteiger partial charge in [-0.15, -0.1) is 0 Å². The average Bonchev–Trinajstić information content (AvgIpc) is 3.65. The summed E-state index contributed by atoms with van der Waals surface area (Å²) < 4.78 is 0. The molecule has 2 N–H and O–H groups in total. The molecule has 0 aliphatic carbocycles. The number of nitrogens with one attached hydrogen (secondary N) is 2. The molecular formula is C41H33N5. The quantitative estimate of drug-likeness (QED) is 0.209. The van der Waals surface area contributed by atoms with E-state index in [2.05, 4.69) is 178 Å². The van der Waals surface area contributed by atoms with Crippen LogP contribution in [0.25, 0.3) is 0 Å². The number of rotatable bonds is 5. The minimum atomic E-state index is -0.235. The summed E-state index contributed by atoms with van der Waals surface area (Å²) in [6.45, 7) is 0. The zero-order valence-electron chi connectivity index (χ0n) is 25.2. The summed E-state index contributed by atoms with van der Waals surface area (Å²) in [5.74, 6) is 1.11. The predicted octanol–water partition coefficient (Wildman–Crippen LogP) is 8.79. The van der Waals surface area contributed by atoms with E-state index in [0.29, 0.717) is 0 Å². The second-order valence-electron chi connectivity index (χ2n) is 12.1. The summed E-state index contributed by atoms with van der Waals surface area (Å²) in [7, 11) is 0. The first-order valence-corrected chi connectivity index (χ1v) is 16.0. The topological polar surface area (TPSA) is 42.9 Å². The van der Waals surface area contributed by atoms with Gasteiger partial charge in [-0.05, 0) is 58.7 Å². The maximum absolute atomic E-state index is 5.24. The van der Waals surface area contributed by atoms with Crippen LogP contribution >= 0.6 is 0 Å². The Bertz CT molecular complexity index is 2030. The summed E-state index contributed by atoms with van der Waals surface area (Å²) in [6, 6.07) is 58.5. The first-order chi connectivity index (χ1) is 22.8. The molecule has 4 atom stereocenters. The third-order valence-corrected chi connectivity index (χ3v) is 9.43. The second-order valence-corrected chi connectivity index (χ2v) is 12.1. The minimum Gasteiger partial charge on any atom is -0.350 e. The Morgan fingerprint density at radius 2 is 1.04 bits per heavy atom. The van der Waals surface area contributed by atoms with Crippen molar-refractivity contribution < 1.29 is 0 Å². The number of para-hydroxylation sites is 3. The van der Waals surface area contributed by atoms with Crippen LogP contribution in [0.5, 0.6) is 0 Å². The van der Waals surface area contributed by atoms with E-state index >= 15 is 0 Å². The molecule has 3 aliphatic rings. The molecule has 6 aromatic carbocycles. The van der Waals surface area contributed by atoms with Gasteiger partial charge in [-0.25, -0.2) is 4.99 Å². The summed E-state index contributed by atoms with van der Waals surface area (Å²) in [6.07, 6.45) is -0.257. The molecule has 0 amide bonds. The molecule has 3 aliphatic heterocycles. The van der Waals surface area contributed by atoms with Crippen molar-refractivity contribution in [2.75, 3.05) is 9.80 Å². The van der Waals surface area contributed by atoms with Crippen molar-refractivity contribution in [1.82, 2.24) is 10.6 Å². The van der Waals surface area contributed by atoms with Crippen molar-refractivity contribution in [1.29, 1.82) is 0 Å². The van der Waals surface area contributed by atoms with Gasteiger partial charge in [-0.3, -0.25) is 5.32 Å². The number of benzene rings is 6. The van der Waals surface area contributed by atoms with Crippen LogP contribution in [0.1, 0.15) is 46.1 Å². The highest BCUT2D eigenvalue weighted by Gasteiger charge is 2.49. The molecule has 0 saturated heterocycles. The van der Waals surface area contributed by atoms with Gasteiger partial charge in [0.2, 0.25) is 0 Å². The lowest BCUT2D eigenvalue weighted by Crippen LogP contribution is -2.45. The molecule has 3 heterocycles. The van der Waals surface area contributed by atoms with Gasteiger partial charge in [-0.1, -0.05) is 127 Å². The fourth-order valence-corrected chi connectivity index (χ4v) is 7.43. The monoisotopic (exact) mass is 595 g/mol. The molecule has 4 unspecified atom stereocenters. The standard InChI is InChI=1S/C41H33N5/c1-4-15-28(16-5-1)38-42-39(29-17-6-2-7-18-29)44-40(43-38)30-19-14-22-32(27-30)46-36-26-13-11-24-34(36)37-33-23-10-12-25-35(33)45(41(37)46)31-20-8-3-9-21-31/h1-27,37-38,40-41,43H,(H,42,44). The van der Waals surface area contributed by atoms with Crippen molar-refractivity contribution in [2.45, 2.75) is 24.4 Å². The first kappa shape index (κ1) is 26.7. The molecule has 0 bridgehead atoms. The Morgan fingerprint density at radius 3 is 1.74 bits per heavy atom. The fraction of sp³-hybridized carbons (Fsp3) is 0.0976. The van der Waals surface area contributed by atoms with Gasteiger partial charge in [0.05, 0.1) is 5.92 Å². The molecule has 0 spiro atoms. The van der Waals surface area contributed by atoms with Crippen LogP contribution in [0.4, 0.5) is 22.7 Å². The molecule has 5 nitrogen and oxygen atoms in total. The van der Waals surface area contributed by atoms with Gasteiger partial charge >= 0.3 is 0 Å². The van der Waals surface area contributed by atoms with E-state index in [9.17, 15) is 0 Å². The van der Waals surface area contributed by atoms with E-state index in [1.807, 2.05) is 6.07 Å². The molecule has 222 valence electrons. The van der Waals surface area contributed by atoms with Gasteiger partial charge in [0.15, 0.2) is 0 Å². The molecule has 0 radical (unpaired) electrons. The normalized spacial score (nSPS) is 21.2. The fourth-order valence-electron chi connectivity index (χ4n) is 7.43. The molecule has 0 aromatic heterocycles. The van der Waals surface area contributed by atoms with Crippen LogP contribution in [0.2, 0.25) is 0 Å². The van der Waals surface area contributed by atoms with E-state index in [1.165, 1.54) is 33.8 Å². The largest absolute Gasteiger partial charge is 0.350 e. The van der Waals surface area contributed by atoms with E-state index in [1.54, 1.807) is 0 Å². The number of anilines is 4. The third-order valence-electron chi connectivity index (χ3n) is 9.43. The summed E-state index contributed by atoms with van der Waals surface area (Å²) >= 11 is 0. The summed E-state index contributed by atoms with van der Waals surface area (Å²) in [5.41, 5.74) is 11.0. The van der Waals surface area contributed by atoms with Gasteiger partial charge in [0, 0.05) is 28.3 Å². The van der Waals surface area contributed by atoms with Crippen LogP contribution in [0.15, 0.2) is 169 Å². The highest BCUT2D eigenvalue weighted by Crippen LogP contribution is 2.57. The van der Waals surface area contributed by atoms with Gasteiger partial charge in [-0.2, -0.15) is 0 Å². The van der Waals surface area contributed by atoms with Crippen molar-refractivity contribution in [3.05, 3.63) is 192 Å². The van der Waals surface area contributed by atoms with Gasteiger partial charge in [0.25, 0.3) is 0 Å². The smallest absolute Gasteiger partial charge is 0.131 e. The first-order valence-electron chi connectivity index (χ1n) is 16.0. The van der Waals surface area contributed by atoms with E-state index in [0.717, 1.165) is 22.6 Å². The summed E-state index contributed by atoms with van der Waals surface area (Å²) in [5, 5.41) is 7.44. The van der Waals surface area contributed by atoms with Gasteiger partial charge < -0.3 is 15.1 Å². The molecular weight excluding hydrogens is 562 g/mol. The van der Waals surface area contributed by atoms with E-state index in [-0.39, 0.29) is 24.4 Å². The van der Waals surface area contributed by atoms with Crippen LogP contribution in [-0.4, -0.2) is 12.0 Å². The Kier molecular flexibility index (Phi) is 6.42. The number of hydrogen-bond donors (Lipinski definition) is 2. The van der Waals surface area contributed by atoms with Crippen LogP contribution in [0, 0.1) is 0 Å². The second kappa shape index (κ2) is 11.1. The van der Waals surface area contributed by atoms with Crippen molar-refractivity contribution in [3.8, 4) is 0 Å². The highest BCUT2D eigenvalue weighted by molar-refractivity contribution is 5.99. The Labute approximate surface area is 269 Å². The number of aliphatic imine (C=N–C) groups is 1. The van der Waals surface area contributed by atoms with Crippen molar-refractivity contribution >= 4 is 28.6 Å². The lowest BCUT2D eigenvalue weighted by molar-refractivity contribution is 0.409. The average molecular weight is 596 g/mol. The third kappa shape index (κ3) is 4.39. The van der Waals surface area contributed by atoms with Crippen molar-refractivity contribution in [2.24, 2.45) is 4.99 Å². The maximum Gasteiger partial charge on any atom is 0.131 e. The molecule has 0 fully saturated rings. The molecule has 46 heavy (non-hydrogen) atoms. The molecule has 5 heteroatoms. The number of amidine groups is 1. The Morgan fingerprint density at radius 1 is 0.500 bits per heavy atom. The number of nitrogens with zero attached hydrogens (tertiary/aromatic N) is 3. The predicted molar refractivity (Wildman–Crippen MR) is 187 cm³/mol. The lowest BCUT2D eigenvalue weighted by Gasteiger charge is -2.36. The Balaban J connectivity index is 1.16. The molecule has 6 aromatic rings. The van der Waals surface area contributed by atoms with Crippen molar-refractivity contribution in [3.63, 3.8) is 0 Å². The number of hydrogen-bond acceptors (Lipinski definition) is 5. The lowest BCUT2D eigenvalue weighted by atomic mass is 9.93. The molecule has 9 rings (SSSR count). The van der Waals surface area contributed by atoms with Gasteiger partial charge in [0.1, 0.15) is 24.3 Å². The van der Waals surface area contributed by atoms with Crippen LogP contribution < -0.4 is 20.4 Å². The summed E-state index contributed by atoms with van der Waals surface area (Å²) in [4.78, 5) is 10.3. The number of fused-ring (bicyclic) bond motifs is 5. The maximum atomic E-state index is 5.24. The minimum absolute atomic E-state index is 0.0638. The SMILES string of the molecule is c1ccc(C2=NC(c3cccc(N4c5ccccc5C5c6ccccc6N(c6ccccc6)C54)c3)NC(c3ccccc3)N2)cc1. The highest BCUT2D eigenvalue weighted by atomic mass is 15.4. The van der Waals surface area contributed by atoms with E-state index in [4.69, 9.17) is 4.99 Å².